The van der Waals surface area contributed by atoms with E-state index in [9.17, 15) is 20.9 Å². The van der Waals surface area contributed by atoms with Gasteiger partial charge in [-0.25, -0.2) is 29.9 Å². The van der Waals surface area contributed by atoms with Crippen LogP contribution in [0.2, 0.25) is 0 Å². The van der Waals surface area contributed by atoms with E-state index < -0.39 is 6.01 Å². The molecule has 5 aromatic carbocycles. The third kappa shape index (κ3) is 14.8. The number of benzene rings is 5. The Morgan fingerprint density at radius 1 is 0.361 bits per heavy atom. The van der Waals surface area contributed by atoms with Crippen LogP contribution in [-0.4, -0.2) is 58.7 Å². The smallest absolute Gasteiger partial charge is 0.320 e. The highest BCUT2D eigenvalue weighted by atomic mass is 32.1. The van der Waals surface area contributed by atoms with Gasteiger partial charge in [0.25, 0.3) is 0 Å². The molecule has 12 aromatic rings. The Balaban J connectivity index is 0.000000216. The zero-order valence-corrected chi connectivity index (χ0v) is 56.5. The minimum Gasteiger partial charge on any atom is -0.479 e. The molecule has 30 heteroatoms. The molecule has 0 aliphatic carbocycles. The van der Waals surface area contributed by atoms with Crippen molar-refractivity contribution >= 4 is 147 Å². The lowest BCUT2D eigenvalue weighted by Crippen LogP contribution is -2.10. The maximum absolute atomic E-state index is 10.7. The lowest BCUT2D eigenvalue weighted by Gasteiger charge is -2.19. The lowest BCUT2D eigenvalue weighted by atomic mass is 10.1. The third-order valence-corrected chi connectivity index (χ3v) is 17.3. The number of fused-ring (bicyclic) bond motifs is 1. The van der Waals surface area contributed by atoms with Gasteiger partial charge in [0.15, 0.2) is 34.9 Å². The number of rotatable bonds is 18. The Morgan fingerprint density at radius 2 is 0.691 bits per heavy atom. The molecule has 0 aliphatic heterocycles. The fourth-order valence-corrected chi connectivity index (χ4v) is 11.7. The number of hydrogen-bond acceptors (Lipinski definition) is 30. The van der Waals surface area contributed by atoms with E-state index in [1.165, 1.54) is 24.0 Å². The second-order valence-corrected chi connectivity index (χ2v) is 24.4. The number of nitriles is 3. The molecule has 12 rings (SSSR count). The Labute approximate surface area is 568 Å². The van der Waals surface area contributed by atoms with Gasteiger partial charge >= 0.3 is 6.01 Å². The van der Waals surface area contributed by atoms with E-state index in [4.69, 9.17) is 15.0 Å². The minimum absolute atomic E-state index is 0.0436. The van der Waals surface area contributed by atoms with E-state index in [1.807, 2.05) is 159 Å². The summed E-state index contributed by atoms with van der Waals surface area (Å²) in [6.45, 7) is 21.2. The van der Waals surface area contributed by atoms with Crippen molar-refractivity contribution in [1.29, 1.82) is 15.8 Å². The molecule has 0 saturated heterocycles. The van der Waals surface area contributed by atoms with E-state index in [2.05, 4.69) is 119 Å². The number of pyridine rings is 3. The fourth-order valence-electron chi connectivity index (χ4n) is 10.2. The van der Waals surface area contributed by atoms with Gasteiger partial charge in [0.05, 0.1) is 15.8 Å². The summed E-state index contributed by atoms with van der Waals surface area (Å²) in [6.07, 6.45) is 2.73. The number of hydrogen-bond donors (Lipinski definition) is 7. The number of nitrogens with zero attached hydrogens (tertiary/aromatic N) is 20. The topological polar surface area (TPSA) is 380 Å². The molecule has 97 heavy (non-hydrogen) atoms. The first-order valence-electron chi connectivity index (χ1n) is 29.7. The monoisotopic (exact) mass is 1340 g/mol. The maximum atomic E-state index is 10.7. The van der Waals surface area contributed by atoms with Gasteiger partial charge in [-0.2, -0.15) is 39.5 Å². The second-order valence-electron chi connectivity index (χ2n) is 21.9. The van der Waals surface area contributed by atoms with E-state index >= 15 is 0 Å². The summed E-state index contributed by atoms with van der Waals surface area (Å²) in [7, 11) is 0. The van der Waals surface area contributed by atoms with Crippen molar-refractivity contribution in [3.63, 3.8) is 0 Å². The summed E-state index contributed by atoms with van der Waals surface area (Å²) in [6, 6.07) is 37.8. The van der Waals surface area contributed by atoms with E-state index in [-0.39, 0.29) is 57.7 Å². The normalized spacial score (nSPS) is 11.1. The molecule has 27 nitrogen and oxygen atoms in total. The maximum Gasteiger partial charge on any atom is 0.320 e. The van der Waals surface area contributed by atoms with Crippen molar-refractivity contribution in [1.82, 2.24) is 53.6 Å². The molecular formula is C67H58N26OS3. The molecule has 7 aromatic heterocycles. The van der Waals surface area contributed by atoms with Gasteiger partial charge in [0.1, 0.15) is 59.1 Å². The van der Waals surface area contributed by atoms with Gasteiger partial charge < -0.3 is 37.0 Å². The van der Waals surface area contributed by atoms with Crippen LogP contribution in [0, 0.1) is 110 Å². The van der Waals surface area contributed by atoms with Crippen LogP contribution in [0.25, 0.3) is 10.2 Å². The number of aryl methyl sites for hydroxylation is 8. The van der Waals surface area contributed by atoms with Crippen LogP contribution in [0.15, 0.2) is 140 Å². The first kappa shape index (κ1) is 65.9. The fraction of sp³-hybridized carbons (Fsp3) is 0.164. The Morgan fingerprint density at radius 3 is 1.02 bits per heavy atom. The first-order valence-corrected chi connectivity index (χ1v) is 32.0. The van der Waals surface area contributed by atoms with Crippen LogP contribution in [0.3, 0.4) is 0 Å². The van der Waals surface area contributed by atoms with Gasteiger partial charge in [-0.15, -0.1) is 30.7 Å². The van der Waals surface area contributed by atoms with Crippen LogP contribution in [0.1, 0.15) is 77.9 Å². The summed E-state index contributed by atoms with van der Waals surface area (Å²) in [5, 5.41) is 88.6. The van der Waals surface area contributed by atoms with Gasteiger partial charge in [0.2, 0.25) is 27.3 Å². The third-order valence-electron chi connectivity index (χ3n) is 15.3. The summed E-state index contributed by atoms with van der Waals surface area (Å²) in [4.78, 5) is 39.7. The molecule has 480 valence electrons. The number of anilines is 12. The average molecular weight is 1340 g/mol. The largest absolute Gasteiger partial charge is 0.479 e. The van der Waals surface area contributed by atoms with Gasteiger partial charge in [0, 0.05) is 62.5 Å². The SMILES string of the molecule is Cc1cccc(C)c1Nc1nc(Nc2c(C)cccc2C)c(N=Nc2nc3ccccc3s2)c(C)c1C#N.Cc1cccc(C)c1Nc1nc(Nc2nc(O)nc(Nc3nc(Nc4c(C)cccc4C)c(N=Nc4ncns4)c(C)c3C#N)n2)c(C#N)c(C)c1N=Nc1ncns1. The predicted molar refractivity (Wildman–Crippen MR) is 378 cm³/mol. The van der Waals surface area contributed by atoms with Crippen molar-refractivity contribution in [3.05, 3.63) is 188 Å². The Hall–Kier alpha value is -12.6. The van der Waals surface area contributed by atoms with E-state index in [0.29, 0.717) is 55.0 Å². The average Bonchev–Trinajstić information content (AvgIpc) is 1.43. The highest BCUT2D eigenvalue weighted by molar-refractivity contribution is 7.21. The van der Waals surface area contributed by atoms with E-state index in [0.717, 1.165) is 101 Å². The summed E-state index contributed by atoms with van der Waals surface area (Å²) < 4.78 is 8.98. The van der Waals surface area contributed by atoms with Crippen LogP contribution in [0.5, 0.6) is 6.01 Å². The van der Waals surface area contributed by atoms with Crippen molar-refractivity contribution in [2.24, 2.45) is 30.7 Å². The highest BCUT2D eigenvalue weighted by Gasteiger charge is 2.25. The van der Waals surface area contributed by atoms with Crippen LogP contribution in [-0.2, 0) is 0 Å². The van der Waals surface area contributed by atoms with Crippen LogP contribution >= 0.6 is 34.4 Å². The lowest BCUT2D eigenvalue weighted by molar-refractivity contribution is 0.430. The predicted octanol–water partition coefficient (Wildman–Crippen LogP) is 18.5. The van der Waals surface area contributed by atoms with Crippen LogP contribution in [0.4, 0.5) is 102 Å². The number of aromatic nitrogens is 11. The standard InChI is InChI=1S/C37H31N19OS2.C30H27N7S/c1-17-9-7-10-18(2)25(17)44-31-27(53-55-36-40-15-42-58-36)21(5)23(13-38)29(46-31)48-33-50-34(52-35(57)51-33)49-30-24(14-39)22(6)28(54-56-37-41-16-43-59-37)32(47-30)45-26-19(3)11-8-12-20(26)4;1-17-10-8-11-18(2)25(17)33-28-22(16-31)21(5)27(29(35-28)34-26-19(3)12-9-13-20(26)4)36-37-30-32-23-14-6-7-15-24(23)38-30/h7-12,15-16H,1-6H3,(H5,44,45,46,47,48,49,50,51,52,57);6-15H,1-5H3,(H2,33,34,35). The van der Waals surface area contributed by atoms with Gasteiger partial charge in [-0.3, -0.25) is 0 Å². The summed E-state index contributed by atoms with van der Waals surface area (Å²) in [5.74, 6) is 1.22. The van der Waals surface area contributed by atoms with Crippen molar-refractivity contribution in [2.75, 3.05) is 31.9 Å². The molecule has 0 atom stereocenters. The molecule has 0 spiro atoms. The van der Waals surface area contributed by atoms with E-state index in [1.54, 1.807) is 13.8 Å². The minimum atomic E-state index is -0.678. The number of thiazole rings is 1. The molecule has 0 amide bonds. The summed E-state index contributed by atoms with van der Waals surface area (Å²) >= 11 is 3.58. The highest BCUT2D eigenvalue weighted by Crippen LogP contribution is 2.43. The number of para-hydroxylation sites is 5. The number of azo groups is 3. The number of aromatic hydroxyl groups is 1. The quantitative estimate of drug-likeness (QED) is 0.0392. The number of nitrogens with one attached hydrogen (secondary N) is 6. The Kier molecular flexibility index (Phi) is 19.8. The second kappa shape index (κ2) is 29.2. The van der Waals surface area contributed by atoms with Crippen molar-refractivity contribution < 1.29 is 5.11 Å². The van der Waals surface area contributed by atoms with Crippen LogP contribution < -0.4 is 31.9 Å². The molecule has 0 radical (unpaired) electrons. The zero-order valence-electron chi connectivity index (χ0n) is 54.0. The van der Waals surface area contributed by atoms with Gasteiger partial charge in [-0.1, -0.05) is 96.3 Å². The van der Waals surface area contributed by atoms with Crippen molar-refractivity contribution in [3.8, 4) is 24.2 Å². The molecule has 0 saturated carbocycles. The molecule has 0 unspecified atom stereocenters. The zero-order chi connectivity index (χ0) is 68.4. The Bertz CT molecular complexity index is 4920. The molecule has 0 fully saturated rings. The first-order chi connectivity index (χ1) is 46.9. The molecular weight excluding hydrogens is 1280 g/mol. The molecule has 0 aliphatic rings. The molecule has 7 heterocycles. The van der Waals surface area contributed by atoms with Gasteiger partial charge in [-0.05, 0) is 133 Å². The molecule has 0 bridgehead atoms. The molecule has 7 N–H and O–H groups in total. The van der Waals surface area contributed by atoms with Crippen molar-refractivity contribution in [2.45, 2.75) is 76.2 Å². The summed E-state index contributed by atoms with van der Waals surface area (Å²) in [5.41, 5.74) is 15.6.